The average molecular weight is 356 g/mol. The Morgan fingerprint density at radius 2 is 1.81 bits per heavy atom. The molecule has 0 saturated carbocycles. The lowest BCUT2D eigenvalue weighted by molar-refractivity contribution is 0.0948. The van der Waals surface area contributed by atoms with Crippen LogP contribution in [0.4, 0.5) is 11.4 Å². The van der Waals surface area contributed by atoms with Crippen LogP contribution in [-0.4, -0.2) is 17.4 Å². The molecule has 0 aliphatic heterocycles. The summed E-state index contributed by atoms with van der Waals surface area (Å²) >= 11 is 0. The number of aryl methyl sites for hydroxylation is 1. The number of nitrogens with zero attached hydrogens (tertiary/aromatic N) is 2. The number of carbonyl (C=O) groups excluding carboxylic acids is 1. The van der Waals surface area contributed by atoms with Crippen molar-refractivity contribution in [2.45, 2.75) is 12.8 Å². The molecule has 0 aliphatic rings. The van der Waals surface area contributed by atoms with E-state index in [0.717, 1.165) is 24.2 Å². The molecule has 0 atom stereocenters. The maximum absolute atomic E-state index is 12.3. The second-order valence-corrected chi connectivity index (χ2v) is 6.09. The van der Waals surface area contributed by atoms with Gasteiger partial charge in [0.2, 0.25) is 0 Å². The van der Waals surface area contributed by atoms with Gasteiger partial charge in [-0.15, -0.1) is 0 Å². The molecular formula is C22H20N4O. The van der Waals surface area contributed by atoms with Crippen LogP contribution in [0.5, 0.6) is 0 Å². The Morgan fingerprint density at radius 1 is 1.00 bits per heavy atom. The Balaban J connectivity index is 1.54. The first-order chi connectivity index (χ1) is 13.2. The van der Waals surface area contributed by atoms with Gasteiger partial charge in [0, 0.05) is 24.1 Å². The maximum atomic E-state index is 12.3. The summed E-state index contributed by atoms with van der Waals surface area (Å²) in [6.07, 6.45) is 3.38. The van der Waals surface area contributed by atoms with Gasteiger partial charge in [-0.2, -0.15) is 5.26 Å². The van der Waals surface area contributed by atoms with Crippen molar-refractivity contribution >= 4 is 17.3 Å². The van der Waals surface area contributed by atoms with E-state index in [2.05, 4.69) is 33.8 Å². The van der Waals surface area contributed by atoms with Crippen LogP contribution in [0.2, 0.25) is 0 Å². The molecule has 0 fully saturated rings. The minimum atomic E-state index is -0.197. The summed E-state index contributed by atoms with van der Waals surface area (Å²) in [4.78, 5) is 16.5. The van der Waals surface area contributed by atoms with E-state index in [0.29, 0.717) is 17.8 Å². The zero-order valence-corrected chi connectivity index (χ0v) is 14.9. The van der Waals surface area contributed by atoms with Gasteiger partial charge in [-0.3, -0.25) is 9.78 Å². The first-order valence-corrected chi connectivity index (χ1v) is 8.80. The van der Waals surface area contributed by atoms with Crippen molar-refractivity contribution in [2.75, 3.05) is 11.9 Å². The van der Waals surface area contributed by atoms with Crippen LogP contribution < -0.4 is 10.6 Å². The molecule has 0 spiro atoms. The minimum Gasteiger partial charge on any atom is -0.355 e. The highest BCUT2D eigenvalue weighted by atomic mass is 16.1. The smallest absolute Gasteiger partial charge is 0.269 e. The standard InChI is InChI=1S/C22H20N4O/c23-16-18-8-4-10-19(14-18)26-20-11-13-24-21(15-20)22(27)25-12-5-9-17-6-2-1-3-7-17/h1-4,6-8,10-11,13-15H,5,9,12H2,(H,24,26)(H,25,27). The Labute approximate surface area is 158 Å². The van der Waals surface area contributed by atoms with Gasteiger partial charge in [0.1, 0.15) is 5.69 Å². The molecule has 0 unspecified atom stereocenters. The van der Waals surface area contributed by atoms with E-state index in [9.17, 15) is 4.79 Å². The molecule has 0 aliphatic carbocycles. The van der Waals surface area contributed by atoms with Gasteiger partial charge in [-0.05, 0) is 48.7 Å². The average Bonchev–Trinajstić information content (AvgIpc) is 2.72. The normalized spacial score (nSPS) is 10.0. The van der Waals surface area contributed by atoms with Crippen molar-refractivity contribution in [3.63, 3.8) is 0 Å². The van der Waals surface area contributed by atoms with Crippen LogP contribution in [0.1, 0.15) is 28.0 Å². The molecule has 27 heavy (non-hydrogen) atoms. The van der Waals surface area contributed by atoms with Crippen LogP contribution in [0.25, 0.3) is 0 Å². The second-order valence-electron chi connectivity index (χ2n) is 6.09. The monoisotopic (exact) mass is 356 g/mol. The fraction of sp³-hybridized carbons (Fsp3) is 0.136. The molecule has 1 amide bonds. The van der Waals surface area contributed by atoms with E-state index in [1.165, 1.54) is 5.56 Å². The van der Waals surface area contributed by atoms with Crippen molar-refractivity contribution in [1.29, 1.82) is 5.26 Å². The third-order valence-electron chi connectivity index (χ3n) is 4.04. The summed E-state index contributed by atoms with van der Waals surface area (Å²) < 4.78 is 0. The van der Waals surface area contributed by atoms with Crippen molar-refractivity contribution < 1.29 is 4.79 Å². The van der Waals surface area contributed by atoms with Gasteiger partial charge in [-0.1, -0.05) is 36.4 Å². The number of hydrogen-bond donors (Lipinski definition) is 2. The number of rotatable bonds is 7. The largest absolute Gasteiger partial charge is 0.355 e. The molecule has 2 aromatic carbocycles. The van der Waals surface area contributed by atoms with Crippen molar-refractivity contribution in [2.24, 2.45) is 0 Å². The maximum Gasteiger partial charge on any atom is 0.269 e. The Morgan fingerprint density at radius 3 is 2.63 bits per heavy atom. The molecule has 0 saturated heterocycles. The predicted molar refractivity (Wildman–Crippen MR) is 106 cm³/mol. The van der Waals surface area contributed by atoms with Crippen LogP contribution in [-0.2, 0) is 6.42 Å². The third-order valence-corrected chi connectivity index (χ3v) is 4.04. The molecule has 5 nitrogen and oxygen atoms in total. The van der Waals surface area contributed by atoms with E-state index in [1.54, 1.807) is 30.5 Å². The summed E-state index contributed by atoms with van der Waals surface area (Å²) in [5, 5.41) is 15.1. The lowest BCUT2D eigenvalue weighted by Gasteiger charge is -2.09. The van der Waals surface area contributed by atoms with Gasteiger partial charge in [-0.25, -0.2) is 0 Å². The predicted octanol–water partition coefficient (Wildman–Crippen LogP) is 4.06. The summed E-state index contributed by atoms with van der Waals surface area (Å²) in [6, 6.07) is 23.0. The van der Waals surface area contributed by atoms with Gasteiger partial charge in [0.25, 0.3) is 5.91 Å². The van der Waals surface area contributed by atoms with E-state index in [-0.39, 0.29) is 5.91 Å². The van der Waals surface area contributed by atoms with E-state index in [1.807, 2.05) is 30.3 Å². The molecule has 0 radical (unpaired) electrons. The molecule has 3 aromatic rings. The van der Waals surface area contributed by atoms with Gasteiger partial charge in [0.15, 0.2) is 0 Å². The number of hydrogen-bond acceptors (Lipinski definition) is 4. The molecule has 134 valence electrons. The van der Waals surface area contributed by atoms with Crippen molar-refractivity contribution in [3.8, 4) is 6.07 Å². The molecule has 2 N–H and O–H groups in total. The highest BCUT2D eigenvalue weighted by molar-refractivity contribution is 5.93. The summed E-state index contributed by atoms with van der Waals surface area (Å²) in [5.41, 5.74) is 3.72. The number of pyridine rings is 1. The first kappa shape index (κ1) is 18.2. The topological polar surface area (TPSA) is 77.8 Å². The summed E-state index contributed by atoms with van der Waals surface area (Å²) in [6.45, 7) is 0.595. The molecule has 1 aromatic heterocycles. The number of anilines is 2. The number of benzene rings is 2. The lowest BCUT2D eigenvalue weighted by atomic mass is 10.1. The number of nitrogens with one attached hydrogen (secondary N) is 2. The zero-order valence-electron chi connectivity index (χ0n) is 14.9. The number of aromatic nitrogens is 1. The number of amides is 1. The molecule has 0 bridgehead atoms. The summed E-state index contributed by atoms with van der Waals surface area (Å²) in [5.74, 6) is -0.197. The lowest BCUT2D eigenvalue weighted by Crippen LogP contribution is -2.25. The van der Waals surface area contributed by atoms with Gasteiger partial charge in [0.05, 0.1) is 11.6 Å². The minimum absolute atomic E-state index is 0.197. The highest BCUT2D eigenvalue weighted by Crippen LogP contribution is 2.17. The highest BCUT2D eigenvalue weighted by Gasteiger charge is 2.08. The third kappa shape index (κ3) is 5.41. The molecule has 1 heterocycles. The van der Waals surface area contributed by atoms with Crippen LogP contribution in [0, 0.1) is 11.3 Å². The fourth-order valence-corrected chi connectivity index (χ4v) is 2.70. The van der Waals surface area contributed by atoms with Gasteiger partial charge >= 0.3 is 0 Å². The van der Waals surface area contributed by atoms with Crippen LogP contribution in [0.3, 0.4) is 0 Å². The van der Waals surface area contributed by atoms with Crippen LogP contribution in [0.15, 0.2) is 72.9 Å². The summed E-state index contributed by atoms with van der Waals surface area (Å²) in [7, 11) is 0. The fourth-order valence-electron chi connectivity index (χ4n) is 2.70. The van der Waals surface area contributed by atoms with Crippen molar-refractivity contribution in [3.05, 3.63) is 89.7 Å². The van der Waals surface area contributed by atoms with E-state index in [4.69, 9.17) is 5.26 Å². The van der Waals surface area contributed by atoms with Crippen LogP contribution >= 0.6 is 0 Å². The Kier molecular flexibility index (Phi) is 6.16. The van der Waals surface area contributed by atoms with E-state index >= 15 is 0 Å². The van der Waals surface area contributed by atoms with E-state index < -0.39 is 0 Å². The second kappa shape index (κ2) is 9.16. The Hall–Kier alpha value is -3.65. The molecule has 3 rings (SSSR count). The zero-order chi connectivity index (χ0) is 18.9. The number of nitriles is 1. The molecule has 5 heteroatoms. The first-order valence-electron chi connectivity index (χ1n) is 8.80. The van der Waals surface area contributed by atoms with Gasteiger partial charge < -0.3 is 10.6 Å². The SMILES string of the molecule is N#Cc1cccc(Nc2ccnc(C(=O)NCCCc3ccccc3)c2)c1. The van der Waals surface area contributed by atoms with Crippen molar-refractivity contribution in [1.82, 2.24) is 10.3 Å². The number of carbonyl (C=O) groups is 1. The quantitative estimate of drug-likeness (QED) is 0.626. The molecular weight excluding hydrogens is 336 g/mol. The Bertz CT molecular complexity index is 948.